The highest BCUT2D eigenvalue weighted by atomic mass is 35.5. The van der Waals surface area contributed by atoms with Gasteiger partial charge < -0.3 is 12.4 Å². The lowest BCUT2D eigenvalue weighted by Crippen LogP contribution is -3.00. The zero-order valence-corrected chi connectivity index (χ0v) is 15.9. The first-order valence-electron chi connectivity index (χ1n) is 8.42. The van der Waals surface area contributed by atoms with Crippen LogP contribution in [0.1, 0.15) is 36.5 Å². The Kier molecular flexibility index (Phi) is 9.41. The molecule has 0 spiro atoms. The van der Waals surface area contributed by atoms with Gasteiger partial charge in [0.05, 0.1) is 0 Å². The highest BCUT2D eigenvalue weighted by molar-refractivity contribution is 5.19. The first-order chi connectivity index (χ1) is 11.7. The molecule has 0 aliphatic rings. The third kappa shape index (κ3) is 7.44. The van der Waals surface area contributed by atoms with Gasteiger partial charge in [-0.2, -0.15) is 0 Å². The van der Waals surface area contributed by atoms with E-state index in [1.807, 2.05) is 44.0 Å². The van der Waals surface area contributed by atoms with E-state index in [9.17, 15) is 0 Å². The standard InChI is InChI=1S/C14H17N2.C7H9N.ClH/c1-12(11-13-3-7-15-8-4-13)14-5-9-16(2)10-6-14;1-2-7-3-5-8-6-4-7;/h3-10,12H,11H2,1-2H3;3-6H,2H2,1H3;1H/q+1;;/p-1. The van der Waals surface area contributed by atoms with Gasteiger partial charge in [0.1, 0.15) is 7.05 Å². The van der Waals surface area contributed by atoms with E-state index in [-0.39, 0.29) is 12.4 Å². The molecule has 3 rings (SSSR count). The number of hydrogen-bond donors (Lipinski definition) is 0. The first-order valence-corrected chi connectivity index (χ1v) is 8.42. The maximum absolute atomic E-state index is 4.03. The monoisotopic (exact) mass is 355 g/mol. The lowest BCUT2D eigenvalue weighted by molar-refractivity contribution is -0.671. The summed E-state index contributed by atoms with van der Waals surface area (Å²) in [7, 11) is 2.04. The number of nitrogens with zero attached hydrogens (tertiary/aromatic N) is 3. The molecule has 1 unspecified atom stereocenters. The van der Waals surface area contributed by atoms with Crippen molar-refractivity contribution in [3.8, 4) is 0 Å². The molecule has 0 aliphatic heterocycles. The number of aromatic nitrogens is 3. The molecule has 132 valence electrons. The van der Waals surface area contributed by atoms with Gasteiger partial charge >= 0.3 is 0 Å². The molecule has 0 aliphatic carbocycles. The fourth-order valence-corrected chi connectivity index (χ4v) is 2.45. The predicted octanol–water partition coefficient (Wildman–Crippen LogP) is 0.900. The third-order valence-corrected chi connectivity index (χ3v) is 4.02. The molecule has 0 amide bonds. The Labute approximate surface area is 157 Å². The van der Waals surface area contributed by atoms with Gasteiger partial charge in [-0.05, 0) is 59.7 Å². The highest BCUT2D eigenvalue weighted by Crippen LogP contribution is 2.18. The SMILES string of the molecule is CC(Cc1ccncc1)c1cc[n+](C)cc1.CCc1ccncc1.[Cl-]. The molecular formula is C21H26ClN3. The van der Waals surface area contributed by atoms with E-state index in [2.05, 4.69) is 65.0 Å². The third-order valence-electron chi connectivity index (χ3n) is 4.02. The Balaban J connectivity index is 0.000000295. The van der Waals surface area contributed by atoms with E-state index in [0.29, 0.717) is 5.92 Å². The minimum Gasteiger partial charge on any atom is -1.00 e. The number of pyridine rings is 3. The van der Waals surface area contributed by atoms with Gasteiger partial charge in [-0.25, -0.2) is 4.57 Å². The lowest BCUT2D eigenvalue weighted by atomic mass is 9.95. The Morgan fingerprint density at radius 3 is 1.76 bits per heavy atom. The highest BCUT2D eigenvalue weighted by Gasteiger charge is 2.07. The molecule has 1 atom stereocenters. The quantitative estimate of drug-likeness (QED) is 0.651. The summed E-state index contributed by atoms with van der Waals surface area (Å²) in [6.45, 7) is 4.39. The molecule has 25 heavy (non-hydrogen) atoms. The molecule has 3 aromatic heterocycles. The fraction of sp³-hybridized carbons (Fsp3) is 0.286. The molecule has 3 aromatic rings. The molecule has 4 heteroatoms. The van der Waals surface area contributed by atoms with E-state index in [1.165, 1.54) is 16.7 Å². The van der Waals surface area contributed by atoms with Gasteiger partial charge in [0.25, 0.3) is 0 Å². The number of hydrogen-bond acceptors (Lipinski definition) is 2. The summed E-state index contributed by atoms with van der Waals surface area (Å²) in [6, 6.07) is 12.6. The van der Waals surface area contributed by atoms with E-state index >= 15 is 0 Å². The van der Waals surface area contributed by atoms with Gasteiger partial charge in [-0.15, -0.1) is 0 Å². The van der Waals surface area contributed by atoms with Gasteiger partial charge in [-0.1, -0.05) is 13.8 Å². The Morgan fingerprint density at radius 1 is 0.840 bits per heavy atom. The van der Waals surface area contributed by atoms with Crippen LogP contribution in [0, 0.1) is 0 Å². The normalized spacial score (nSPS) is 10.8. The summed E-state index contributed by atoms with van der Waals surface area (Å²) >= 11 is 0. The second-order valence-corrected chi connectivity index (χ2v) is 5.97. The summed E-state index contributed by atoms with van der Waals surface area (Å²) in [6.07, 6.45) is 13.7. The lowest BCUT2D eigenvalue weighted by Gasteiger charge is -2.10. The molecular weight excluding hydrogens is 330 g/mol. The molecule has 3 heterocycles. The zero-order valence-electron chi connectivity index (χ0n) is 15.1. The average molecular weight is 356 g/mol. The summed E-state index contributed by atoms with van der Waals surface area (Å²) < 4.78 is 2.06. The average Bonchev–Trinajstić information content (AvgIpc) is 2.64. The Hall–Kier alpha value is -2.26. The van der Waals surface area contributed by atoms with Crippen molar-refractivity contribution in [2.75, 3.05) is 0 Å². The van der Waals surface area contributed by atoms with Crippen LogP contribution in [0.2, 0.25) is 0 Å². The van der Waals surface area contributed by atoms with Crippen molar-refractivity contribution in [3.63, 3.8) is 0 Å². The Bertz CT molecular complexity index is 700. The molecule has 0 saturated carbocycles. The fourth-order valence-electron chi connectivity index (χ4n) is 2.45. The number of aryl methyl sites for hydroxylation is 2. The van der Waals surface area contributed by atoms with Crippen LogP contribution >= 0.6 is 0 Å². The topological polar surface area (TPSA) is 29.7 Å². The summed E-state index contributed by atoms with van der Waals surface area (Å²) in [5.74, 6) is 0.545. The van der Waals surface area contributed by atoms with Crippen molar-refractivity contribution in [1.82, 2.24) is 9.97 Å². The minimum absolute atomic E-state index is 0. The number of rotatable bonds is 4. The first kappa shape index (κ1) is 20.8. The van der Waals surface area contributed by atoms with Crippen molar-refractivity contribution in [2.24, 2.45) is 7.05 Å². The molecule has 3 nitrogen and oxygen atoms in total. The molecule has 0 N–H and O–H groups in total. The van der Waals surface area contributed by atoms with Gasteiger partial charge in [0, 0.05) is 36.9 Å². The second-order valence-electron chi connectivity index (χ2n) is 5.97. The van der Waals surface area contributed by atoms with Crippen LogP contribution in [0.5, 0.6) is 0 Å². The van der Waals surface area contributed by atoms with Crippen molar-refractivity contribution in [3.05, 3.63) is 90.3 Å². The Morgan fingerprint density at radius 2 is 1.32 bits per heavy atom. The number of halogens is 1. The van der Waals surface area contributed by atoms with Crippen LogP contribution in [0.4, 0.5) is 0 Å². The summed E-state index contributed by atoms with van der Waals surface area (Å²) in [4.78, 5) is 7.93. The van der Waals surface area contributed by atoms with Crippen LogP contribution in [0.25, 0.3) is 0 Å². The largest absolute Gasteiger partial charge is 1.00 e. The zero-order chi connectivity index (χ0) is 17.2. The molecule has 0 aromatic carbocycles. The van der Waals surface area contributed by atoms with Crippen molar-refractivity contribution in [1.29, 1.82) is 0 Å². The minimum atomic E-state index is 0. The van der Waals surface area contributed by atoms with Crippen LogP contribution in [-0.4, -0.2) is 9.97 Å². The van der Waals surface area contributed by atoms with Gasteiger partial charge in [0.15, 0.2) is 12.4 Å². The van der Waals surface area contributed by atoms with Crippen LogP contribution in [0.15, 0.2) is 73.6 Å². The van der Waals surface area contributed by atoms with Crippen molar-refractivity contribution >= 4 is 0 Å². The van der Waals surface area contributed by atoms with Gasteiger partial charge in [0.2, 0.25) is 0 Å². The van der Waals surface area contributed by atoms with Crippen molar-refractivity contribution in [2.45, 2.75) is 32.6 Å². The molecule has 0 radical (unpaired) electrons. The van der Waals surface area contributed by atoms with Crippen LogP contribution in [0.3, 0.4) is 0 Å². The molecule has 0 bridgehead atoms. The molecule has 0 fully saturated rings. The smallest absolute Gasteiger partial charge is 0.168 e. The maximum Gasteiger partial charge on any atom is 0.168 e. The van der Waals surface area contributed by atoms with E-state index in [1.54, 1.807) is 0 Å². The van der Waals surface area contributed by atoms with E-state index < -0.39 is 0 Å². The second kappa shape index (κ2) is 11.3. The summed E-state index contributed by atoms with van der Waals surface area (Å²) in [5.41, 5.74) is 4.07. The van der Waals surface area contributed by atoms with E-state index in [0.717, 1.165) is 12.8 Å². The van der Waals surface area contributed by atoms with Crippen molar-refractivity contribution < 1.29 is 17.0 Å². The molecule has 0 saturated heterocycles. The van der Waals surface area contributed by atoms with E-state index in [4.69, 9.17) is 0 Å². The van der Waals surface area contributed by atoms with Crippen LogP contribution in [-0.2, 0) is 19.9 Å². The van der Waals surface area contributed by atoms with Gasteiger partial charge in [-0.3, -0.25) is 9.97 Å². The summed E-state index contributed by atoms with van der Waals surface area (Å²) in [5, 5.41) is 0. The predicted molar refractivity (Wildman–Crippen MR) is 97.6 cm³/mol. The maximum atomic E-state index is 4.03. The van der Waals surface area contributed by atoms with Crippen LogP contribution < -0.4 is 17.0 Å².